The fourth-order valence-corrected chi connectivity index (χ4v) is 2.32. The summed E-state index contributed by atoms with van der Waals surface area (Å²) in [6, 6.07) is 6.63. The van der Waals surface area contributed by atoms with Crippen molar-refractivity contribution in [2.24, 2.45) is 0 Å². The van der Waals surface area contributed by atoms with Crippen molar-refractivity contribution in [1.82, 2.24) is 10.5 Å². The average Bonchev–Trinajstić information content (AvgIpc) is 3.16. The number of hydrogen-bond acceptors (Lipinski definition) is 5. The van der Waals surface area contributed by atoms with Crippen LogP contribution in [0.15, 0.2) is 35.0 Å². The van der Waals surface area contributed by atoms with Gasteiger partial charge < -0.3 is 14.6 Å². The maximum Gasteiger partial charge on any atom is 0.338 e. The van der Waals surface area contributed by atoms with E-state index < -0.39 is 5.97 Å². The SMILES string of the molecule is Cc1cc(C(=O)OCc2ccno2)ccc1N1CCNC1=O. The first-order valence-corrected chi connectivity index (χ1v) is 6.88. The summed E-state index contributed by atoms with van der Waals surface area (Å²) in [7, 11) is 0. The number of ether oxygens (including phenoxy) is 1. The molecule has 1 saturated heterocycles. The summed E-state index contributed by atoms with van der Waals surface area (Å²) in [5, 5.41) is 6.29. The van der Waals surface area contributed by atoms with Gasteiger partial charge in [0.1, 0.15) is 0 Å². The average molecular weight is 301 g/mol. The van der Waals surface area contributed by atoms with Gasteiger partial charge in [0.2, 0.25) is 0 Å². The Balaban J connectivity index is 1.71. The first kappa shape index (κ1) is 14.1. The topological polar surface area (TPSA) is 84.7 Å². The number of carbonyl (C=O) groups is 2. The number of rotatable bonds is 4. The zero-order valence-corrected chi connectivity index (χ0v) is 12.0. The van der Waals surface area contributed by atoms with Crippen LogP contribution >= 0.6 is 0 Å². The first-order chi connectivity index (χ1) is 10.6. The number of amides is 2. The second-order valence-corrected chi connectivity index (χ2v) is 4.94. The molecule has 1 aromatic heterocycles. The lowest BCUT2D eigenvalue weighted by molar-refractivity contribution is 0.0437. The minimum Gasteiger partial charge on any atom is -0.454 e. The summed E-state index contributed by atoms with van der Waals surface area (Å²) in [5.74, 6) is 0.0346. The number of aromatic nitrogens is 1. The molecular weight excluding hydrogens is 286 g/mol. The number of carbonyl (C=O) groups excluding carboxylic acids is 2. The quantitative estimate of drug-likeness (QED) is 0.871. The molecule has 1 N–H and O–H groups in total. The van der Waals surface area contributed by atoms with E-state index in [0.717, 1.165) is 11.3 Å². The number of anilines is 1. The smallest absolute Gasteiger partial charge is 0.338 e. The molecule has 1 aliphatic rings. The van der Waals surface area contributed by atoms with Crippen molar-refractivity contribution >= 4 is 17.7 Å². The second-order valence-electron chi connectivity index (χ2n) is 4.94. The summed E-state index contributed by atoms with van der Waals surface area (Å²) >= 11 is 0. The van der Waals surface area contributed by atoms with E-state index in [-0.39, 0.29) is 12.6 Å². The lowest BCUT2D eigenvalue weighted by Gasteiger charge is -2.17. The Labute approximate surface area is 126 Å². The zero-order chi connectivity index (χ0) is 15.5. The van der Waals surface area contributed by atoms with Gasteiger partial charge in [-0.05, 0) is 30.7 Å². The number of hydrogen-bond donors (Lipinski definition) is 1. The highest BCUT2D eigenvalue weighted by atomic mass is 16.5. The second kappa shape index (κ2) is 5.88. The van der Waals surface area contributed by atoms with Crippen LogP contribution in [0.2, 0.25) is 0 Å². The molecule has 0 spiro atoms. The van der Waals surface area contributed by atoms with Crippen LogP contribution in [-0.2, 0) is 11.3 Å². The molecule has 1 fully saturated rings. The summed E-state index contributed by atoms with van der Waals surface area (Å²) in [4.78, 5) is 25.4. The van der Waals surface area contributed by atoms with Crippen LogP contribution in [0.5, 0.6) is 0 Å². The Hall–Kier alpha value is -2.83. The van der Waals surface area contributed by atoms with Crippen molar-refractivity contribution < 1.29 is 18.8 Å². The van der Waals surface area contributed by atoms with Crippen molar-refractivity contribution in [3.63, 3.8) is 0 Å². The molecule has 22 heavy (non-hydrogen) atoms. The van der Waals surface area contributed by atoms with E-state index in [1.54, 1.807) is 29.2 Å². The highest BCUT2D eigenvalue weighted by Gasteiger charge is 2.23. The molecule has 2 amide bonds. The van der Waals surface area contributed by atoms with Crippen LogP contribution < -0.4 is 10.2 Å². The molecule has 0 saturated carbocycles. The van der Waals surface area contributed by atoms with Gasteiger partial charge in [-0.25, -0.2) is 9.59 Å². The van der Waals surface area contributed by atoms with Gasteiger partial charge in [-0.1, -0.05) is 5.16 Å². The summed E-state index contributed by atoms with van der Waals surface area (Å²) in [5.41, 5.74) is 2.06. The van der Waals surface area contributed by atoms with Gasteiger partial charge in [0.25, 0.3) is 0 Å². The molecule has 2 aromatic rings. The third kappa shape index (κ3) is 2.78. The largest absolute Gasteiger partial charge is 0.454 e. The molecule has 114 valence electrons. The van der Waals surface area contributed by atoms with Crippen LogP contribution in [0.3, 0.4) is 0 Å². The van der Waals surface area contributed by atoms with Gasteiger partial charge in [0.05, 0.1) is 11.8 Å². The van der Waals surface area contributed by atoms with E-state index in [1.165, 1.54) is 6.20 Å². The van der Waals surface area contributed by atoms with E-state index >= 15 is 0 Å². The number of esters is 1. The predicted octanol–water partition coefficient (Wildman–Crippen LogP) is 1.87. The van der Waals surface area contributed by atoms with E-state index in [1.807, 2.05) is 6.92 Å². The molecule has 0 atom stereocenters. The van der Waals surface area contributed by atoms with Gasteiger partial charge in [-0.3, -0.25) is 4.90 Å². The Morgan fingerprint density at radius 3 is 2.95 bits per heavy atom. The molecule has 0 unspecified atom stereocenters. The van der Waals surface area contributed by atoms with Crippen LogP contribution in [0.25, 0.3) is 0 Å². The third-order valence-corrected chi connectivity index (χ3v) is 3.42. The van der Waals surface area contributed by atoms with Crippen LogP contribution in [0.1, 0.15) is 21.7 Å². The molecule has 2 heterocycles. The number of aryl methyl sites for hydroxylation is 1. The van der Waals surface area contributed by atoms with Gasteiger partial charge in [-0.15, -0.1) is 0 Å². The van der Waals surface area contributed by atoms with Crippen molar-refractivity contribution in [2.75, 3.05) is 18.0 Å². The summed E-state index contributed by atoms with van der Waals surface area (Å²) < 4.78 is 10.0. The molecule has 3 rings (SSSR count). The van der Waals surface area contributed by atoms with Crippen LogP contribution in [-0.4, -0.2) is 30.2 Å². The highest BCUT2D eigenvalue weighted by Crippen LogP contribution is 2.23. The van der Waals surface area contributed by atoms with E-state index in [4.69, 9.17) is 9.26 Å². The van der Waals surface area contributed by atoms with Gasteiger partial charge >= 0.3 is 12.0 Å². The van der Waals surface area contributed by atoms with Crippen LogP contribution in [0, 0.1) is 6.92 Å². The molecule has 1 aliphatic heterocycles. The first-order valence-electron chi connectivity index (χ1n) is 6.88. The normalized spacial score (nSPS) is 14.0. The van der Waals surface area contributed by atoms with Crippen molar-refractivity contribution in [1.29, 1.82) is 0 Å². The van der Waals surface area contributed by atoms with Crippen molar-refractivity contribution in [3.05, 3.63) is 47.3 Å². The minimum absolute atomic E-state index is 0.0359. The molecule has 7 heteroatoms. The predicted molar refractivity (Wildman–Crippen MR) is 77.5 cm³/mol. The summed E-state index contributed by atoms with van der Waals surface area (Å²) in [6.07, 6.45) is 1.49. The Morgan fingerprint density at radius 1 is 1.45 bits per heavy atom. The van der Waals surface area contributed by atoms with Gasteiger partial charge in [0, 0.05) is 24.8 Å². The maximum atomic E-state index is 12.0. The van der Waals surface area contributed by atoms with E-state index in [0.29, 0.717) is 24.4 Å². The fourth-order valence-electron chi connectivity index (χ4n) is 2.32. The number of nitrogens with zero attached hydrogens (tertiary/aromatic N) is 2. The molecule has 0 radical (unpaired) electrons. The molecule has 0 aliphatic carbocycles. The molecule has 0 bridgehead atoms. The molecule has 7 nitrogen and oxygen atoms in total. The van der Waals surface area contributed by atoms with E-state index in [9.17, 15) is 9.59 Å². The number of urea groups is 1. The Morgan fingerprint density at radius 2 is 2.32 bits per heavy atom. The number of nitrogens with one attached hydrogen (secondary N) is 1. The highest BCUT2D eigenvalue weighted by molar-refractivity contribution is 5.96. The summed E-state index contributed by atoms with van der Waals surface area (Å²) in [6.45, 7) is 3.14. The Bertz CT molecular complexity index is 697. The Kier molecular flexibility index (Phi) is 3.78. The van der Waals surface area contributed by atoms with Gasteiger partial charge in [0.15, 0.2) is 12.4 Å². The van der Waals surface area contributed by atoms with E-state index in [2.05, 4.69) is 10.5 Å². The fraction of sp³-hybridized carbons (Fsp3) is 0.267. The molecular formula is C15H15N3O4. The zero-order valence-electron chi connectivity index (χ0n) is 12.0. The third-order valence-electron chi connectivity index (χ3n) is 3.42. The monoisotopic (exact) mass is 301 g/mol. The maximum absolute atomic E-state index is 12.0. The van der Waals surface area contributed by atoms with Crippen molar-refractivity contribution in [2.45, 2.75) is 13.5 Å². The molecule has 1 aromatic carbocycles. The lowest BCUT2D eigenvalue weighted by atomic mass is 10.1. The van der Waals surface area contributed by atoms with Crippen LogP contribution in [0.4, 0.5) is 10.5 Å². The standard InChI is InChI=1S/C15H15N3O4/c1-10-8-11(14(19)21-9-12-4-5-17-22-12)2-3-13(10)18-7-6-16-15(18)20/h2-5,8H,6-7,9H2,1H3,(H,16,20). The lowest BCUT2D eigenvalue weighted by Crippen LogP contribution is -2.28. The minimum atomic E-state index is -0.447. The number of benzene rings is 1. The van der Waals surface area contributed by atoms with Gasteiger partial charge in [-0.2, -0.15) is 0 Å². The van der Waals surface area contributed by atoms with Crippen molar-refractivity contribution in [3.8, 4) is 0 Å².